The highest BCUT2D eigenvalue weighted by Crippen LogP contribution is 2.35. The van der Waals surface area contributed by atoms with Gasteiger partial charge in [0.15, 0.2) is 17.0 Å². The number of rotatable bonds is 6. The minimum Gasteiger partial charge on any atom is -0.494 e. The van der Waals surface area contributed by atoms with Gasteiger partial charge in [0.25, 0.3) is 17.4 Å². The van der Waals surface area contributed by atoms with Crippen LogP contribution in [0.15, 0.2) is 10.9 Å². The zero-order valence-electron chi connectivity index (χ0n) is 18.5. The SMILES string of the molecule is Nc1nn2c(=O)c(C(=O)NC3CC3)c(O)n(CC3CC3)c2c1C=CC(=O)N1CCC(F)(F)CC1. The molecule has 0 bridgehead atoms. The van der Waals surface area contributed by atoms with Gasteiger partial charge in [-0.3, -0.25) is 19.0 Å². The number of aromatic hydroxyl groups is 1. The molecule has 2 amide bonds. The summed E-state index contributed by atoms with van der Waals surface area (Å²) in [5.41, 5.74) is 5.26. The van der Waals surface area contributed by atoms with Gasteiger partial charge in [-0.1, -0.05) is 0 Å². The Morgan fingerprint density at radius 1 is 1.21 bits per heavy atom. The summed E-state index contributed by atoms with van der Waals surface area (Å²) in [6.07, 6.45) is 5.29. The Morgan fingerprint density at radius 3 is 2.50 bits per heavy atom. The number of hydrogen-bond acceptors (Lipinski definition) is 6. The lowest BCUT2D eigenvalue weighted by Crippen LogP contribution is -2.42. The van der Waals surface area contributed by atoms with Crippen LogP contribution in [0.5, 0.6) is 5.88 Å². The van der Waals surface area contributed by atoms with Crippen LogP contribution in [0, 0.1) is 5.92 Å². The number of halogens is 2. The van der Waals surface area contributed by atoms with Crippen LogP contribution in [0.3, 0.4) is 0 Å². The monoisotopic (exact) mass is 476 g/mol. The van der Waals surface area contributed by atoms with Crippen molar-refractivity contribution < 1.29 is 23.5 Å². The van der Waals surface area contributed by atoms with Crippen LogP contribution in [-0.4, -0.2) is 61.1 Å². The van der Waals surface area contributed by atoms with E-state index in [1.165, 1.54) is 21.6 Å². The van der Waals surface area contributed by atoms with Gasteiger partial charge < -0.3 is 21.1 Å². The first-order valence-corrected chi connectivity index (χ1v) is 11.4. The Labute approximate surface area is 193 Å². The summed E-state index contributed by atoms with van der Waals surface area (Å²) >= 11 is 0. The molecule has 4 N–H and O–H groups in total. The van der Waals surface area contributed by atoms with E-state index in [2.05, 4.69) is 10.4 Å². The average molecular weight is 476 g/mol. The number of aromatic nitrogens is 3. The van der Waals surface area contributed by atoms with Crippen LogP contribution in [0.25, 0.3) is 11.7 Å². The largest absolute Gasteiger partial charge is 0.494 e. The predicted molar refractivity (Wildman–Crippen MR) is 119 cm³/mol. The van der Waals surface area contributed by atoms with Gasteiger partial charge in [0.2, 0.25) is 11.8 Å². The Kier molecular flexibility index (Phi) is 5.33. The number of amides is 2. The Balaban J connectivity index is 1.53. The normalized spacial score (nSPS) is 20.2. The van der Waals surface area contributed by atoms with Crippen LogP contribution in [0.1, 0.15) is 54.4 Å². The van der Waals surface area contributed by atoms with Crippen molar-refractivity contribution in [1.82, 2.24) is 24.4 Å². The number of piperidine rings is 1. The molecule has 34 heavy (non-hydrogen) atoms. The van der Waals surface area contributed by atoms with Gasteiger partial charge in [0, 0.05) is 44.6 Å². The molecule has 3 heterocycles. The summed E-state index contributed by atoms with van der Waals surface area (Å²) in [5, 5.41) is 17.8. The predicted octanol–water partition coefficient (Wildman–Crippen LogP) is 1.36. The second-order valence-corrected chi connectivity index (χ2v) is 9.35. The number of nitrogens with one attached hydrogen (secondary N) is 1. The van der Waals surface area contributed by atoms with Crippen molar-refractivity contribution in [2.24, 2.45) is 5.92 Å². The first kappa shape index (κ1) is 22.4. The van der Waals surface area contributed by atoms with Crippen molar-refractivity contribution in [3.8, 4) is 5.88 Å². The van der Waals surface area contributed by atoms with Gasteiger partial charge >= 0.3 is 0 Å². The fraction of sp³-hybridized carbons (Fsp3) is 0.545. The molecular weight excluding hydrogens is 450 g/mol. The maximum absolute atomic E-state index is 13.4. The van der Waals surface area contributed by atoms with Crippen LogP contribution in [0.4, 0.5) is 14.6 Å². The van der Waals surface area contributed by atoms with E-state index in [4.69, 9.17) is 5.73 Å². The number of anilines is 1. The molecule has 1 aliphatic heterocycles. The van der Waals surface area contributed by atoms with Crippen LogP contribution in [-0.2, 0) is 11.3 Å². The third-order valence-corrected chi connectivity index (χ3v) is 6.54. The molecule has 2 aliphatic carbocycles. The number of carbonyl (C=O) groups is 2. The third-order valence-electron chi connectivity index (χ3n) is 6.54. The molecule has 2 aromatic rings. The molecule has 2 saturated carbocycles. The maximum atomic E-state index is 13.4. The van der Waals surface area contributed by atoms with E-state index in [0.717, 1.165) is 30.2 Å². The highest BCUT2D eigenvalue weighted by Gasteiger charge is 2.35. The maximum Gasteiger partial charge on any atom is 0.291 e. The summed E-state index contributed by atoms with van der Waals surface area (Å²) in [5.74, 6) is -4.17. The molecule has 10 nitrogen and oxygen atoms in total. The van der Waals surface area contributed by atoms with Crippen molar-refractivity contribution in [2.45, 2.75) is 57.0 Å². The first-order valence-electron chi connectivity index (χ1n) is 11.4. The third kappa shape index (κ3) is 4.24. The number of alkyl halides is 2. The van der Waals surface area contributed by atoms with Crippen molar-refractivity contribution >= 4 is 29.4 Å². The molecule has 0 aromatic carbocycles. The number of nitrogen functional groups attached to an aromatic ring is 1. The van der Waals surface area contributed by atoms with Crippen LogP contribution >= 0.6 is 0 Å². The number of nitrogens with zero attached hydrogens (tertiary/aromatic N) is 4. The van der Waals surface area contributed by atoms with Gasteiger partial charge in [-0.25, -0.2) is 8.78 Å². The van der Waals surface area contributed by atoms with E-state index in [1.807, 2.05) is 0 Å². The van der Waals surface area contributed by atoms with E-state index in [0.29, 0.717) is 6.54 Å². The summed E-state index contributed by atoms with van der Waals surface area (Å²) in [4.78, 5) is 39.7. The second-order valence-electron chi connectivity index (χ2n) is 9.35. The first-order chi connectivity index (χ1) is 16.1. The molecule has 0 radical (unpaired) electrons. The number of hydrogen-bond donors (Lipinski definition) is 3. The van der Waals surface area contributed by atoms with Crippen molar-refractivity contribution in [3.05, 3.63) is 27.6 Å². The standard InChI is InChI=1S/C22H26F2N6O4/c23-22(24)7-9-28(10-8-22)15(31)6-5-14-17(25)27-30-19(14)29(11-12-1-2-12)20(33)16(21(30)34)18(32)26-13-3-4-13/h5-6,12-13,33H,1-4,7-11H2,(H2,25,27)(H,26,32). The quantitative estimate of drug-likeness (QED) is 0.539. The number of fused-ring (bicyclic) bond motifs is 1. The van der Waals surface area contributed by atoms with Gasteiger partial charge in [0.05, 0.1) is 5.56 Å². The van der Waals surface area contributed by atoms with E-state index < -0.39 is 47.6 Å². The summed E-state index contributed by atoms with van der Waals surface area (Å²) in [6, 6.07) is -0.0131. The highest BCUT2D eigenvalue weighted by atomic mass is 19.3. The molecule has 1 saturated heterocycles. The van der Waals surface area contributed by atoms with Crippen LogP contribution < -0.4 is 16.6 Å². The van der Waals surface area contributed by atoms with Crippen molar-refractivity contribution in [3.63, 3.8) is 0 Å². The smallest absolute Gasteiger partial charge is 0.291 e. The van der Waals surface area contributed by atoms with Gasteiger partial charge in [-0.05, 0) is 37.7 Å². The Bertz CT molecular complexity index is 1250. The van der Waals surface area contributed by atoms with Gasteiger partial charge in [0.1, 0.15) is 0 Å². The lowest BCUT2D eigenvalue weighted by Gasteiger charge is -2.30. The zero-order chi connectivity index (χ0) is 24.2. The molecule has 0 unspecified atom stereocenters. The van der Waals surface area contributed by atoms with Gasteiger partial charge in [-0.2, -0.15) is 4.52 Å². The molecule has 5 rings (SSSR count). The molecule has 3 fully saturated rings. The minimum atomic E-state index is -2.77. The van der Waals surface area contributed by atoms with Crippen molar-refractivity contribution in [2.75, 3.05) is 18.8 Å². The summed E-state index contributed by atoms with van der Waals surface area (Å²) in [7, 11) is 0. The lowest BCUT2D eigenvalue weighted by molar-refractivity contribution is -0.132. The fourth-order valence-electron chi connectivity index (χ4n) is 4.17. The second kappa shape index (κ2) is 8.10. The lowest BCUT2D eigenvalue weighted by atomic mass is 10.1. The molecule has 0 atom stereocenters. The topological polar surface area (TPSA) is 135 Å². The average Bonchev–Trinajstić information content (AvgIpc) is 3.70. The summed E-state index contributed by atoms with van der Waals surface area (Å²) < 4.78 is 29.2. The van der Waals surface area contributed by atoms with E-state index >= 15 is 0 Å². The van der Waals surface area contributed by atoms with Gasteiger partial charge in [-0.15, -0.1) is 5.10 Å². The zero-order valence-corrected chi connectivity index (χ0v) is 18.5. The molecule has 2 aromatic heterocycles. The highest BCUT2D eigenvalue weighted by molar-refractivity contribution is 5.97. The Morgan fingerprint density at radius 2 is 1.88 bits per heavy atom. The molecular formula is C22H26F2N6O4. The minimum absolute atomic E-state index is 0.0131. The number of nitrogens with two attached hydrogens (primary N) is 1. The fourth-order valence-corrected chi connectivity index (χ4v) is 4.17. The van der Waals surface area contributed by atoms with E-state index in [9.17, 15) is 28.3 Å². The molecule has 0 spiro atoms. The molecule has 182 valence electrons. The molecule has 3 aliphatic rings. The van der Waals surface area contributed by atoms with Crippen molar-refractivity contribution in [1.29, 1.82) is 0 Å². The number of likely N-dealkylation sites (tertiary alicyclic amines) is 1. The van der Waals surface area contributed by atoms with E-state index in [1.54, 1.807) is 0 Å². The number of carbonyl (C=O) groups excluding carboxylic acids is 2. The van der Waals surface area contributed by atoms with E-state index in [-0.39, 0.29) is 42.1 Å². The summed E-state index contributed by atoms with van der Waals surface area (Å²) in [6.45, 7) is 0.223. The molecule has 12 heteroatoms. The van der Waals surface area contributed by atoms with Crippen LogP contribution in [0.2, 0.25) is 0 Å². The Hall–Kier alpha value is -3.44.